The van der Waals surface area contributed by atoms with Crippen molar-refractivity contribution in [2.24, 2.45) is 5.92 Å². The molecular weight excluding hydrogens is 459 g/mol. The lowest BCUT2D eigenvalue weighted by Crippen LogP contribution is -2.12. The van der Waals surface area contributed by atoms with Crippen molar-refractivity contribution in [2.45, 2.75) is 26.9 Å². The number of ether oxygens (including phenoxy) is 2. The van der Waals surface area contributed by atoms with Crippen molar-refractivity contribution in [3.63, 3.8) is 0 Å². The highest BCUT2D eigenvalue weighted by Gasteiger charge is 2.29. The van der Waals surface area contributed by atoms with E-state index >= 15 is 0 Å². The van der Waals surface area contributed by atoms with Gasteiger partial charge in [-0.05, 0) is 21.8 Å². The van der Waals surface area contributed by atoms with Crippen LogP contribution in [0.5, 0.6) is 11.8 Å². The van der Waals surface area contributed by atoms with Crippen LogP contribution in [0.1, 0.15) is 26.3 Å². The molecule has 1 N–H and O–H groups in total. The van der Waals surface area contributed by atoms with Crippen LogP contribution in [0.3, 0.4) is 0 Å². The lowest BCUT2D eigenvalue weighted by atomic mass is 10.2. The minimum Gasteiger partial charge on any atom is -0.480 e. The molecular formula is C18H25BrF3N3O2S. The van der Waals surface area contributed by atoms with Crippen molar-refractivity contribution in [3.05, 3.63) is 46.7 Å². The molecule has 0 bridgehead atoms. The molecule has 0 aliphatic heterocycles. The molecule has 1 aromatic carbocycles. The summed E-state index contributed by atoms with van der Waals surface area (Å²) >= 11 is 7.11. The molecule has 0 aliphatic carbocycles. The number of hydrogen-bond donors (Lipinski definition) is 2. The number of aromatic nitrogens is 2. The zero-order valence-corrected chi connectivity index (χ0v) is 18.6. The van der Waals surface area contributed by atoms with Crippen molar-refractivity contribution >= 4 is 28.7 Å². The number of halogens is 4. The number of nitrogens with zero attached hydrogens (tertiary/aromatic N) is 2. The summed E-state index contributed by atoms with van der Waals surface area (Å²) in [7, 11) is 1.53. The number of alkyl halides is 3. The molecule has 1 heterocycles. The standard InChI is InChI=1S/C7H10BrN3O2S.C7H5F3.C4H10/c1-12-6-5(8)7(10-4-9-6)13-3-2-11-14;8-7(9,10)6-4-2-1-3-5-6;1-4(2)3/h4,11,14H,2-3H2,1H3;1-5H;4H,1-3H3. The van der Waals surface area contributed by atoms with Gasteiger partial charge in [0.15, 0.2) is 0 Å². The maximum atomic E-state index is 11.8. The van der Waals surface area contributed by atoms with Gasteiger partial charge in [-0.15, -0.1) is 0 Å². The Bertz CT molecular complexity index is 660. The summed E-state index contributed by atoms with van der Waals surface area (Å²) in [6, 6.07) is 6.36. The van der Waals surface area contributed by atoms with Crippen molar-refractivity contribution in [1.82, 2.24) is 14.7 Å². The second-order valence-corrected chi connectivity index (χ2v) is 6.96. The van der Waals surface area contributed by atoms with Crippen LogP contribution in [0.2, 0.25) is 0 Å². The Kier molecular flexibility index (Phi) is 13.7. The summed E-state index contributed by atoms with van der Waals surface area (Å²) in [5.41, 5.74) is -0.602. The van der Waals surface area contributed by atoms with Gasteiger partial charge in [-0.25, -0.2) is 9.97 Å². The van der Waals surface area contributed by atoms with Gasteiger partial charge in [0.05, 0.1) is 12.7 Å². The Morgan fingerprint density at radius 3 is 2.07 bits per heavy atom. The zero-order valence-electron chi connectivity index (χ0n) is 16.1. The van der Waals surface area contributed by atoms with Crippen LogP contribution >= 0.6 is 28.7 Å². The average molecular weight is 484 g/mol. The van der Waals surface area contributed by atoms with Gasteiger partial charge < -0.3 is 9.47 Å². The fourth-order valence-corrected chi connectivity index (χ4v) is 1.97. The Morgan fingerprint density at radius 2 is 1.64 bits per heavy atom. The first kappa shape index (κ1) is 26.5. The van der Waals surface area contributed by atoms with Crippen LogP contribution in [0.15, 0.2) is 41.1 Å². The first-order chi connectivity index (χ1) is 13.1. The van der Waals surface area contributed by atoms with Crippen LogP contribution < -0.4 is 14.2 Å². The van der Waals surface area contributed by atoms with E-state index in [-0.39, 0.29) is 0 Å². The molecule has 0 atom stereocenters. The number of hydrogen-bond acceptors (Lipinski definition) is 6. The molecule has 0 fully saturated rings. The summed E-state index contributed by atoms with van der Waals surface area (Å²) < 4.78 is 49.0. The quantitative estimate of drug-likeness (QED) is 0.438. The summed E-state index contributed by atoms with van der Waals surface area (Å²) in [5, 5.41) is 0. The molecule has 0 amide bonds. The van der Waals surface area contributed by atoms with E-state index in [9.17, 15) is 13.2 Å². The van der Waals surface area contributed by atoms with Crippen molar-refractivity contribution in [2.75, 3.05) is 20.3 Å². The van der Waals surface area contributed by atoms with Crippen molar-refractivity contribution in [3.8, 4) is 11.8 Å². The molecule has 2 aromatic rings. The molecule has 0 saturated heterocycles. The SMILES string of the molecule is CC(C)C.COc1ncnc(OCCNS)c1Br.FC(F)(F)c1ccccc1. The first-order valence-corrected chi connectivity index (χ1v) is 9.53. The van der Waals surface area contributed by atoms with Crippen molar-refractivity contribution in [1.29, 1.82) is 0 Å². The van der Waals surface area contributed by atoms with Gasteiger partial charge in [-0.1, -0.05) is 63.9 Å². The summed E-state index contributed by atoms with van der Waals surface area (Å²) in [5.74, 6) is 1.74. The molecule has 0 unspecified atom stereocenters. The van der Waals surface area contributed by atoms with Crippen molar-refractivity contribution < 1.29 is 22.6 Å². The smallest absolute Gasteiger partial charge is 0.416 e. The van der Waals surface area contributed by atoms with Gasteiger partial charge in [-0.2, -0.15) is 13.2 Å². The minimum absolute atomic E-state index is 0.453. The van der Waals surface area contributed by atoms with Crippen LogP contribution in [0, 0.1) is 5.92 Å². The van der Waals surface area contributed by atoms with Crippen LogP contribution in [0.4, 0.5) is 13.2 Å². The third-order valence-corrected chi connectivity index (χ3v) is 3.37. The highest BCUT2D eigenvalue weighted by atomic mass is 79.9. The highest BCUT2D eigenvalue weighted by molar-refractivity contribution is 9.10. The number of methoxy groups -OCH3 is 1. The molecule has 0 spiro atoms. The van der Waals surface area contributed by atoms with Crippen LogP contribution in [-0.2, 0) is 6.18 Å². The van der Waals surface area contributed by atoms with E-state index in [1.54, 1.807) is 6.07 Å². The zero-order chi connectivity index (χ0) is 21.6. The maximum absolute atomic E-state index is 11.8. The molecule has 5 nitrogen and oxygen atoms in total. The Morgan fingerprint density at radius 1 is 1.11 bits per heavy atom. The van der Waals surface area contributed by atoms with E-state index in [0.717, 1.165) is 18.1 Å². The lowest BCUT2D eigenvalue weighted by Gasteiger charge is -2.07. The molecule has 10 heteroatoms. The largest absolute Gasteiger partial charge is 0.480 e. The Labute approximate surface area is 177 Å². The second-order valence-electron chi connectivity index (χ2n) is 5.85. The predicted molar refractivity (Wildman–Crippen MR) is 111 cm³/mol. The predicted octanol–water partition coefficient (Wildman–Crippen LogP) is 5.43. The lowest BCUT2D eigenvalue weighted by molar-refractivity contribution is -0.137. The van der Waals surface area contributed by atoms with E-state index < -0.39 is 11.7 Å². The van der Waals surface area contributed by atoms with E-state index in [0.29, 0.717) is 29.4 Å². The molecule has 1 aromatic heterocycles. The van der Waals surface area contributed by atoms with Crippen LogP contribution in [-0.4, -0.2) is 30.2 Å². The van der Waals surface area contributed by atoms with Gasteiger partial charge in [0, 0.05) is 6.54 Å². The topological polar surface area (TPSA) is 56.3 Å². The minimum atomic E-state index is -4.21. The fraction of sp³-hybridized carbons (Fsp3) is 0.444. The van der Waals surface area contributed by atoms with E-state index in [1.807, 2.05) is 0 Å². The maximum Gasteiger partial charge on any atom is 0.416 e. The van der Waals surface area contributed by atoms with E-state index in [2.05, 4.69) is 64.2 Å². The average Bonchev–Trinajstić information content (AvgIpc) is 2.63. The number of thiol groups is 1. The molecule has 28 heavy (non-hydrogen) atoms. The number of nitrogens with one attached hydrogen (secondary N) is 1. The molecule has 2 rings (SSSR count). The Hall–Kier alpha value is -1.52. The normalized spacial score (nSPS) is 10.4. The van der Waals surface area contributed by atoms with E-state index in [1.165, 1.54) is 25.6 Å². The second kappa shape index (κ2) is 14.5. The third-order valence-electron chi connectivity index (χ3n) is 2.47. The number of benzene rings is 1. The van der Waals surface area contributed by atoms with E-state index in [4.69, 9.17) is 9.47 Å². The van der Waals surface area contributed by atoms with Gasteiger partial charge in [0.1, 0.15) is 17.4 Å². The van der Waals surface area contributed by atoms with Crippen LogP contribution in [0.25, 0.3) is 0 Å². The monoisotopic (exact) mass is 483 g/mol. The molecule has 158 valence electrons. The summed E-state index contributed by atoms with van der Waals surface area (Å²) in [6.45, 7) is 7.60. The summed E-state index contributed by atoms with van der Waals surface area (Å²) in [6.07, 6.45) is -2.83. The number of rotatable bonds is 5. The fourth-order valence-electron chi connectivity index (χ4n) is 1.40. The van der Waals surface area contributed by atoms with Gasteiger partial charge >= 0.3 is 6.18 Å². The summed E-state index contributed by atoms with van der Waals surface area (Å²) in [4.78, 5) is 7.84. The molecule has 0 aliphatic rings. The molecule has 0 saturated carbocycles. The van der Waals surface area contributed by atoms with Gasteiger partial charge in [0.25, 0.3) is 0 Å². The molecule has 0 radical (unpaired) electrons. The van der Waals surface area contributed by atoms with Gasteiger partial charge in [-0.3, -0.25) is 4.72 Å². The first-order valence-electron chi connectivity index (χ1n) is 8.29. The third kappa shape index (κ3) is 12.0. The van der Waals surface area contributed by atoms with Gasteiger partial charge in [0.2, 0.25) is 11.8 Å². The highest BCUT2D eigenvalue weighted by Crippen LogP contribution is 2.29. The Balaban J connectivity index is 0.000000454.